The Labute approximate surface area is 395 Å². The molecule has 17 nitrogen and oxygen atoms in total. The van der Waals surface area contributed by atoms with Gasteiger partial charge in [-0.1, -0.05) is 94.4 Å². The van der Waals surface area contributed by atoms with Gasteiger partial charge in [0.15, 0.2) is 0 Å². The molecule has 0 aliphatic rings. The predicted octanol–water partition coefficient (Wildman–Crippen LogP) is 4.36. The maximum atomic E-state index is 13.9. The average molecular weight is 924 g/mol. The third-order valence-electron chi connectivity index (χ3n) is 10.5. The fourth-order valence-electron chi connectivity index (χ4n) is 6.71. The standard InChI is InChI=1S/C51H57N9O8/c1-32(2)44(50(65)55-42(28-34-14-9-7-10-15-34)48(63)59-52-30-36-20-24-38(67-5)25-21-36)57-46(61)40-18-13-19-41(54-40)47(62)58-45(33(3)4)51(66)56-43(29-35-16-11-8-12-17-35)49(64)60-53-31-37-22-26-39(68-6)27-23-37/h7-27,30-33,42-45H,28-29H2,1-6H3,(H,55,65)(H,56,66)(H,57,61)(H,58,62)(H,59,63)(H,60,64)/b52-30+,53-31+/t42-,43-,44-,45-/m0/s1. The molecule has 0 saturated carbocycles. The Morgan fingerprint density at radius 1 is 0.485 bits per heavy atom. The van der Waals surface area contributed by atoms with Gasteiger partial charge in [0.05, 0.1) is 26.6 Å². The second kappa shape index (κ2) is 25.5. The number of carbonyl (C=O) groups excluding carboxylic acids is 6. The highest BCUT2D eigenvalue weighted by molar-refractivity contribution is 6.00. The van der Waals surface area contributed by atoms with E-state index in [4.69, 9.17) is 9.47 Å². The number of rotatable bonds is 22. The minimum absolute atomic E-state index is 0.129. The summed E-state index contributed by atoms with van der Waals surface area (Å²) < 4.78 is 10.4. The fourth-order valence-corrected chi connectivity index (χ4v) is 6.71. The number of aromatic nitrogens is 1. The first-order valence-electron chi connectivity index (χ1n) is 22.0. The van der Waals surface area contributed by atoms with E-state index in [2.05, 4.69) is 47.3 Å². The molecule has 0 spiro atoms. The molecule has 5 rings (SSSR count). The Morgan fingerprint density at radius 2 is 0.853 bits per heavy atom. The maximum absolute atomic E-state index is 13.9. The first-order valence-corrected chi connectivity index (χ1v) is 22.0. The molecule has 68 heavy (non-hydrogen) atoms. The molecule has 0 radical (unpaired) electrons. The molecule has 6 amide bonds. The number of hydrogen-bond donors (Lipinski definition) is 6. The van der Waals surface area contributed by atoms with Gasteiger partial charge in [0, 0.05) is 12.8 Å². The highest BCUT2D eigenvalue weighted by Crippen LogP contribution is 2.13. The lowest BCUT2D eigenvalue weighted by atomic mass is 10.0. The van der Waals surface area contributed by atoms with Gasteiger partial charge in [-0.05, 0) is 94.8 Å². The molecule has 354 valence electrons. The van der Waals surface area contributed by atoms with Crippen molar-refractivity contribution in [2.45, 2.75) is 64.7 Å². The fraction of sp³-hybridized carbons (Fsp3) is 0.275. The maximum Gasteiger partial charge on any atom is 0.270 e. The summed E-state index contributed by atoms with van der Waals surface area (Å²) in [5.74, 6) is -3.52. The number of hydrazone groups is 2. The molecule has 17 heteroatoms. The number of nitrogens with zero attached hydrogens (tertiary/aromatic N) is 3. The second-order valence-electron chi connectivity index (χ2n) is 16.3. The normalized spacial score (nSPS) is 12.9. The summed E-state index contributed by atoms with van der Waals surface area (Å²) in [6.07, 6.45) is 3.18. The molecule has 6 N–H and O–H groups in total. The summed E-state index contributed by atoms with van der Waals surface area (Å²) in [4.78, 5) is 86.4. The van der Waals surface area contributed by atoms with E-state index in [-0.39, 0.29) is 24.2 Å². The van der Waals surface area contributed by atoms with Crippen LogP contribution in [-0.4, -0.2) is 91.2 Å². The van der Waals surface area contributed by atoms with Crippen LogP contribution in [-0.2, 0) is 32.0 Å². The van der Waals surface area contributed by atoms with E-state index in [0.717, 1.165) is 11.1 Å². The quantitative estimate of drug-likeness (QED) is 0.0427. The lowest BCUT2D eigenvalue weighted by molar-refractivity contribution is -0.130. The number of benzene rings is 4. The Morgan fingerprint density at radius 3 is 1.19 bits per heavy atom. The number of carbonyl (C=O) groups is 6. The SMILES string of the molecule is COc1ccc(/C=N/NC(=O)[C@H](Cc2ccccc2)NC(=O)[C@@H](NC(=O)c2cccc(C(=O)N[C@H](C(=O)N[C@@H](Cc3ccccc3)C(=O)N/N=C/c3ccc(OC)cc3)C(C)C)n2)C(C)C)cc1. The van der Waals surface area contributed by atoms with Gasteiger partial charge in [0.1, 0.15) is 47.1 Å². The van der Waals surface area contributed by atoms with Crippen LogP contribution in [0.15, 0.2) is 138 Å². The Bertz CT molecular complexity index is 2360. The highest BCUT2D eigenvalue weighted by Gasteiger charge is 2.32. The first kappa shape index (κ1) is 50.8. The minimum atomic E-state index is -1.13. The predicted molar refractivity (Wildman–Crippen MR) is 258 cm³/mol. The van der Waals surface area contributed by atoms with Crippen LogP contribution in [0.5, 0.6) is 11.5 Å². The zero-order valence-corrected chi connectivity index (χ0v) is 38.8. The van der Waals surface area contributed by atoms with E-state index in [1.54, 1.807) is 90.4 Å². The minimum Gasteiger partial charge on any atom is -0.497 e. The van der Waals surface area contributed by atoms with Crippen molar-refractivity contribution in [1.29, 1.82) is 0 Å². The number of pyridine rings is 1. The van der Waals surface area contributed by atoms with Crippen LogP contribution in [0.25, 0.3) is 0 Å². The van der Waals surface area contributed by atoms with Crippen LogP contribution >= 0.6 is 0 Å². The Hall–Kier alpha value is -8.21. The molecule has 0 unspecified atom stereocenters. The molecule has 0 bridgehead atoms. The van der Waals surface area contributed by atoms with Crippen molar-refractivity contribution in [2.24, 2.45) is 22.0 Å². The molecular weight excluding hydrogens is 867 g/mol. The van der Waals surface area contributed by atoms with Gasteiger partial charge in [-0.25, -0.2) is 15.8 Å². The van der Waals surface area contributed by atoms with E-state index in [1.807, 2.05) is 60.7 Å². The zero-order valence-electron chi connectivity index (χ0n) is 38.8. The van der Waals surface area contributed by atoms with E-state index in [9.17, 15) is 28.8 Å². The van der Waals surface area contributed by atoms with Crippen LogP contribution in [0.4, 0.5) is 0 Å². The molecule has 0 aliphatic heterocycles. The third-order valence-corrected chi connectivity index (χ3v) is 10.5. The van der Waals surface area contributed by atoms with Gasteiger partial charge in [0.2, 0.25) is 11.8 Å². The van der Waals surface area contributed by atoms with Crippen molar-refractivity contribution in [2.75, 3.05) is 14.2 Å². The van der Waals surface area contributed by atoms with Gasteiger partial charge >= 0.3 is 0 Å². The van der Waals surface area contributed by atoms with Crippen molar-refractivity contribution < 1.29 is 38.2 Å². The molecule has 1 aromatic heterocycles. The molecule has 5 aromatic rings. The van der Waals surface area contributed by atoms with Gasteiger partial charge < -0.3 is 30.7 Å². The van der Waals surface area contributed by atoms with Gasteiger partial charge in [0.25, 0.3) is 23.6 Å². The van der Waals surface area contributed by atoms with Crippen molar-refractivity contribution in [3.05, 3.63) is 161 Å². The first-order chi connectivity index (χ1) is 32.7. The van der Waals surface area contributed by atoms with Gasteiger partial charge in [-0.15, -0.1) is 0 Å². The summed E-state index contributed by atoms with van der Waals surface area (Å²) in [5.41, 5.74) is 7.61. The molecular formula is C51H57N9O8. The Balaban J connectivity index is 1.25. The number of hydrogen-bond acceptors (Lipinski definition) is 11. The molecule has 4 atom stereocenters. The van der Waals surface area contributed by atoms with Gasteiger partial charge in [-0.2, -0.15) is 10.2 Å². The number of methoxy groups -OCH3 is 2. The van der Waals surface area contributed by atoms with Crippen LogP contribution in [0, 0.1) is 11.8 Å². The topological polar surface area (TPSA) is 231 Å². The van der Waals surface area contributed by atoms with Gasteiger partial charge in [-0.3, -0.25) is 28.8 Å². The monoisotopic (exact) mass is 923 g/mol. The largest absolute Gasteiger partial charge is 0.497 e. The average Bonchev–Trinajstić information content (AvgIpc) is 3.35. The molecule has 1 heterocycles. The van der Waals surface area contributed by atoms with Crippen molar-refractivity contribution in [3.63, 3.8) is 0 Å². The Kier molecular flexibility index (Phi) is 19.0. The summed E-state index contributed by atoms with van der Waals surface area (Å²) >= 11 is 0. The summed E-state index contributed by atoms with van der Waals surface area (Å²) in [5, 5.41) is 19.1. The molecule has 0 aliphatic carbocycles. The second-order valence-corrected chi connectivity index (χ2v) is 16.3. The van der Waals surface area contributed by atoms with E-state index >= 15 is 0 Å². The lowest BCUT2D eigenvalue weighted by Crippen LogP contribution is -2.56. The summed E-state index contributed by atoms with van der Waals surface area (Å²) in [7, 11) is 3.12. The molecule has 4 aromatic carbocycles. The van der Waals surface area contributed by atoms with Crippen LogP contribution in [0.2, 0.25) is 0 Å². The summed E-state index contributed by atoms with van der Waals surface area (Å²) in [6.45, 7) is 6.92. The number of amides is 6. The van der Waals surface area contributed by atoms with Crippen LogP contribution in [0.1, 0.15) is 70.9 Å². The highest BCUT2D eigenvalue weighted by atomic mass is 16.5. The van der Waals surface area contributed by atoms with Crippen molar-refractivity contribution in [3.8, 4) is 11.5 Å². The van der Waals surface area contributed by atoms with Crippen molar-refractivity contribution >= 4 is 47.9 Å². The summed E-state index contributed by atoms with van der Waals surface area (Å²) in [6, 6.07) is 32.1. The molecule has 0 saturated heterocycles. The molecule has 0 fully saturated rings. The third kappa shape index (κ3) is 15.5. The van der Waals surface area contributed by atoms with Crippen LogP contribution in [0.3, 0.4) is 0 Å². The van der Waals surface area contributed by atoms with E-state index < -0.39 is 71.4 Å². The van der Waals surface area contributed by atoms with E-state index in [1.165, 1.54) is 30.6 Å². The zero-order chi connectivity index (χ0) is 49.0. The van der Waals surface area contributed by atoms with Crippen LogP contribution < -0.4 is 41.6 Å². The van der Waals surface area contributed by atoms with Crippen molar-refractivity contribution in [1.82, 2.24) is 37.1 Å². The number of nitrogens with one attached hydrogen (secondary N) is 6. The number of ether oxygens (including phenoxy) is 2. The lowest BCUT2D eigenvalue weighted by Gasteiger charge is -2.25. The van der Waals surface area contributed by atoms with E-state index in [0.29, 0.717) is 22.6 Å². The smallest absolute Gasteiger partial charge is 0.270 e.